The first kappa shape index (κ1) is 21.5. The second-order valence-corrected chi connectivity index (χ2v) is 10.5. The van der Waals surface area contributed by atoms with Gasteiger partial charge in [0.05, 0.1) is 21.2 Å². The molecule has 5 nitrogen and oxygen atoms in total. The van der Waals surface area contributed by atoms with Gasteiger partial charge in [-0.1, -0.05) is 77.0 Å². The number of para-hydroxylation sites is 1. The number of aromatic nitrogens is 1. The maximum absolute atomic E-state index is 13.2. The number of fused-ring (bicyclic) bond motifs is 1. The summed E-state index contributed by atoms with van der Waals surface area (Å²) in [6, 6.07) is 21.3. The lowest BCUT2D eigenvalue weighted by Gasteiger charge is -2.20. The zero-order valence-electron chi connectivity index (χ0n) is 16.7. The molecular weight excluding hydrogens is 452 g/mol. The Morgan fingerprint density at radius 2 is 1.71 bits per heavy atom. The van der Waals surface area contributed by atoms with E-state index in [4.69, 9.17) is 11.6 Å². The molecule has 0 saturated carbocycles. The van der Waals surface area contributed by atoms with E-state index in [1.54, 1.807) is 18.2 Å². The predicted molar refractivity (Wildman–Crippen MR) is 125 cm³/mol. The van der Waals surface area contributed by atoms with Crippen LogP contribution in [0.4, 0.5) is 5.13 Å². The van der Waals surface area contributed by atoms with Crippen molar-refractivity contribution >= 4 is 54.0 Å². The molecule has 0 aliphatic heterocycles. The molecule has 0 aliphatic carbocycles. The summed E-state index contributed by atoms with van der Waals surface area (Å²) in [5.74, 6) is -1.19. The fraction of sp³-hybridized carbons (Fsp3) is 0.130. The number of nitrogens with zero attached hydrogens (tertiary/aromatic N) is 2. The average molecular weight is 471 g/mol. The first-order chi connectivity index (χ1) is 14.8. The molecule has 31 heavy (non-hydrogen) atoms. The van der Waals surface area contributed by atoms with E-state index in [1.165, 1.54) is 28.4 Å². The van der Waals surface area contributed by atoms with Crippen molar-refractivity contribution in [1.29, 1.82) is 0 Å². The van der Waals surface area contributed by atoms with Gasteiger partial charge in [-0.25, -0.2) is 13.4 Å². The molecule has 0 saturated heterocycles. The molecule has 158 valence electrons. The number of benzene rings is 3. The van der Waals surface area contributed by atoms with Crippen LogP contribution in [0.5, 0.6) is 0 Å². The molecule has 3 aromatic carbocycles. The third kappa shape index (κ3) is 4.79. The number of carbonyl (C=O) groups is 1. The Kier molecular flexibility index (Phi) is 6.09. The smallest absolute Gasteiger partial charge is 0.244 e. The highest BCUT2D eigenvalue weighted by molar-refractivity contribution is 7.92. The number of sulfone groups is 1. The van der Waals surface area contributed by atoms with E-state index in [-0.39, 0.29) is 11.4 Å². The summed E-state index contributed by atoms with van der Waals surface area (Å²) in [5, 5.41) is 0.899. The van der Waals surface area contributed by atoms with Gasteiger partial charge < -0.3 is 0 Å². The van der Waals surface area contributed by atoms with Crippen LogP contribution < -0.4 is 4.90 Å². The number of anilines is 1. The Hall–Kier alpha value is -2.74. The van der Waals surface area contributed by atoms with Crippen LogP contribution in [0.25, 0.3) is 10.2 Å². The Morgan fingerprint density at radius 3 is 2.39 bits per heavy atom. The number of hydrogen-bond donors (Lipinski definition) is 0. The number of amides is 1. The quantitative estimate of drug-likeness (QED) is 0.385. The minimum absolute atomic E-state index is 0.124. The number of aryl methyl sites for hydroxylation is 1. The van der Waals surface area contributed by atoms with Crippen LogP contribution >= 0.6 is 22.9 Å². The van der Waals surface area contributed by atoms with Gasteiger partial charge in [-0.2, -0.15) is 0 Å². The zero-order chi connectivity index (χ0) is 22.0. The van der Waals surface area contributed by atoms with Crippen molar-refractivity contribution in [2.24, 2.45) is 0 Å². The highest BCUT2D eigenvalue weighted by atomic mass is 35.5. The lowest BCUT2D eigenvalue weighted by molar-refractivity contribution is -0.116. The normalized spacial score (nSPS) is 11.5. The monoisotopic (exact) mass is 470 g/mol. The first-order valence-electron chi connectivity index (χ1n) is 9.52. The molecule has 0 spiro atoms. The van der Waals surface area contributed by atoms with Crippen molar-refractivity contribution < 1.29 is 13.2 Å². The lowest BCUT2D eigenvalue weighted by Crippen LogP contribution is -2.35. The van der Waals surface area contributed by atoms with Gasteiger partial charge in [0.25, 0.3) is 0 Å². The third-order valence-corrected chi connectivity index (χ3v) is 7.73. The van der Waals surface area contributed by atoms with Crippen LogP contribution in [-0.2, 0) is 21.2 Å². The molecule has 0 bridgehead atoms. The van der Waals surface area contributed by atoms with Gasteiger partial charge in [0, 0.05) is 0 Å². The molecule has 0 radical (unpaired) electrons. The number of thiazole rings is 1. The molecule has 0 fully saturated rings. The summed E-state index contributed by atoms with van der Waals surface area (Å²) in [7, 11) is -3.80. The van der Waals surface area contributed by atoms with Gasteiger partial charge in [0.2, 0.25) is 5.91 Å². The Labute approximate surface area is 189 Å². The van der Waals surface area contributed by atoms with Crippen LogP contribution in [0.1, 0.15) is 11.1 Å². The topological polar surface area (TPSA) is 67.3 Å². The zero-order valence-corrected chi connectivity index (χ0v) is 19.0. The molecule has 0 aliphatic rings. The Bertz CT molecular complexity index is 1330. The maximum Gasteiger partial charge on any atom is 0.244 e. The second kappa shape index (κ2) is 8.78. The summed E-state index contributed by atoms with van der Waals surface area (Å²) in [6.45, 7) is 2.09. The van der Waals surface area contributed by atoms with E-state index in [0.29, 0.717) is 15.7 Å². The van der Waals surface area contributed by atoms with Gasteiger partial charge in [-0.3, -0.25) is 9.69 Å². The van der Waals surface area contributed by atoms with E-state index >= 15 is 0 Å². The van der Waals surface area contributed by atoms with Crippen molar-refractivity contribution in [3.63, 3.8) is 0 Å². The van der Waals surface area contributed by atoms with E-state index in [0.717, 1.165) is 15.8 Å². The minimum atomic E-state index is -3.80. The van der Waals surface area contributed by atoms with Gasteiger partial charge >= 0.3 is 0 Å². The van der Waals surface area contributed by atoms with Crippen LogP contribution in [0.3, 0.4) is 0 Å². The number of carbonyl (C=O) groups excluding carboxylic acids is 1. The summed E-state index contributed by atoms with van der Waals surface area (Å²) in [6.07, 6.45) is 0. The van der Waals surface area contributed by atoms with Crippen molar-refractivity contribution in [2.45, 2.75) is 18.4 Å². The van der Waals surface area contributed by atoms with Gasteiger partial charge in [-0.05, 0) is 36.8 Å². The fourth-order valence-electron chi connectivity index (χ4n) is 3.12. The van der Waals surface area contributed by atoms with Crippen molar-refractivity contribution in [1.82, 2.24) is 4.98 Å². The highest BCUT2D eigenvalue weighted by Gasteiger charge is 2.27. The van der Waals surface area contributed by atoms with E-state index in [9.17, 15) is 13.2 Å². The largest absolute Gasteiger partial charge is 0.283 e. The third-order valence-electron chi connectivity index (χ3n) is 4.77. The molecule has 0 atom stereocenters. The number of halogens is 1. The molecule has 1 amide bonds. The number of hydrogen-bond acceptors (Lipinski definition) is 5. The van der Waals surface area contributed by atoms with Gasteiger partial charge in [0.1, 0.15) is 11.3 Å². The predicted octanol–water partition coefficient (Wildman–Crippen LogP) is 5.27. The lowest BCUT2D eigenvalue weighted by atomic mass is 10.2. The van der Waals surface area contributed by atoms with Crippen molar-refractivity contribution in [3.8, 4) is 0 Å². The van der Waals surface area contributed by atoms with Gasteiger partial charge in [0.15, 0.2) is 15.0 Å². The fourth-order valence-corrected chi connectivity index (χ4v) is 5.60. The van der Waals surface area contributed by atoms with Crippen LogP contribution in [-0.4, -0.2) is 25.1 Å². The van der Waals surface area contributed by atoms with Crippen molar-refractivity contribution in [2.75, 3.05) is 10.7 Å². The van der Waals surface area contributed by atoms with Crippen LogP contribution in [0, 0.1) is 6.92 Å². The number of rotatable bonds is 6. The molecule has 1 aromatic heterocycles. The van der Waals surface area contributed by atoms with Gasteiger partial charge in [-0.15, -0.1) is 0 Å². The van der Waals surface area contributed by atoms with Crippen LogP contribution in [0.15, 0.2) is 77.7 Å². The average Bonchev–Trinajstić information content (AvgIpc) is 3.18. The minimum Gasteiger partial charge on any atom is -0.283 e. The Balaban J connectivity index is 1.70. The highest BCUT2D eigenvalue weighted by Crippen LogP contribution is 2.33. The molecule has 8 heteroatoms. The summed E-state index contributed by atoms with van der Waals surface area (Å²) in [5.41, 5.74) is 2.41. The SMILES string of the molecule is Cc1ccc(S(=O)(=O)CC(=O)N(Cc2ccccc2)c2nc3c(Cl)cccc3s2)cc1. The molecule has 1 heterocycles. The van der Waals surface area contributed by atoms with E-state index in [2.05, 4.69) is 4.98 Å². The molecule has 4 rings (SSSR count). The molecular formula is C23H19ClN2O3S2. The second-order valence-electron chi connectivity index (χ2n) is 7.12. The standard InChI is InChI=1S/C23H19ClN2O3S2/c1-16-10-12-18(13-11-16)31(28,29)15-21(27)26(14-17-6-3-2-4-7-17)23-25-22-19(24)8-5-9-20(22)30-23/h2-13H,14-15H2,1H3. The molecule has 4 aromatic rings. The summed E-state index contributed by atoms with van der Waals surface area (Å²) < 4.78 is 26.6. The molecule has 0 N–H and O–H groups in total. The van der Waals surface area contributed by atoms with Crippen LogP contribution in [0.2, 0.25) is 5.02 Å². The summed E-state index contributed by atoms with van der Waals surface area (Å²) >= 11 is 7.56. The first-order valence-corrected chi connectivity index (χ1v) is 12.4. The summed E-state index contributed by atoms with van der Waals surface area (Å²) in [4.78, 5) is 19.3. The van der Waals surface area contributed by atoms with E-state index < -0.39 is 21.5 Å². The maximum atomic E-state index is 13.2. The van der Waals surface area contributed by atoms with Crippen molar-refractivity contribution in [3.05, 3.63) is 88.9 Å². The van der Waals surface area contributed by atoms with E-state index in [1.807, 2.05) is 49.4 Å². The molecule has 0 unspecified atom stereocenters. The Morgan fingerprint density at radius 1 is 1.00 bits per heavy atom.